The number of hydrogen-bond acceptors (Lipinski definition) is 6. The van der Waals surface area contributed by atoms with Crippen molar-refractivity contribution >= 4 is 23.2 Å². The summed E-state index contributed by atoms with van der Waals surface area (Å²) in [7, 11) is 1.31. The molecule has 2 N–H and O–H groups in total. The number of nitrogens with zero attached hydrogens (tertiary/aromatic N) is 1. The van der Waals surface area contributed by atoms with Crippen LogP contribution in [0.4, 0.5) is 4.39 Å². The van der Waals surface area contributed by atoms with E-state index in [1.165, 1.54) is 30.6 Å². The first-order valence-corrected chi connectivity index (χ1v) is 8.81. The van der Waals surface area contributed by atoms with Crippen LogP contribution in [-0.2, 0) is 9.53 Å². The van der Waals surface area contributed by atoms with Gasteiger partial charge in [-0.05, 0) is 30.5 Å². The Hall–Kier alpha value is -2.52. The van der Waals surface area contributed by atoms with Crippen LogP contribution >= 0.6 is 11.3 Å². The van der Waals surface area contributed by atoms with Gasteiger partial charge < -0.3 is 19.9 Å². The quantitative estimate of drug-likeness (QED) is 0.800. The van der Waals surface area contributed by atoms with E-state index in [4.69, 9.17) is 9.47 Å². The SMILES string of the molecule is COc1ccc(C(NC(=O)c2csc(C3CCCO3)n2)C(=O)O)cc1F. The van der Waals surface area contributed by atoms with Crippen LogP contribution in [0.15, 0.2) is 23.6 Å². The fourth-order valence-electron chi connectivity index (χ4n) is 2.67. The van der Waals surface area contributed by atoms with Crippen LogP contribution in [0.3, 0.4) is 0 Å². The number of carbonyl (C=O) groups is 2. The molecule has 1 fully saturated rings. The normalized spacial score (nSPS) is 17.7. The number of aromatic nitrogens is 1. The van der Waals surface area contributed by atoms with E-state index in [-0.39, 0.29) is 23.1 Å². The average Bonchev–Trinajstić information content (AvgIpc) is 3.30. The van der Waals surface area contributed by atoms with Gasteiger partial charge in [0.15, 0.2) is 17.6 Å². The van der Waals surface area contributed by atoms with E-state index in [9.17, 15) is 19.1 Å². The first-order chi connectivity index (χ1) is 12.5. The van der Waals surface area contributed by atoms with Crippen molar-refractivity contribution in [2.24, 2.45) is 0 Å². The van der Waals surface area contributed by atoms with Gasteiger partial charge in [-0.15, -0.1) is 11.3 Å². The molecule has 1 aromatic heterocycles. The summed E-state index contributed by atoms with van der Waals surface area (Å²) in [6.07, 6.45) is 1.67. The lowest BCUT2D eigenvalue weighted by molar-refractivity contribution is -0.139. The molecular weight excluding hydrogens is 363 g/mol. The summed E-state index contributed by atoms with van der Waals surface area (Å²) in [5.74, 6) is -2.67. The molecule has 0 radical (unpaired) electrons. The van der Waals surface area contributed by atoms with Crippen molar-refractivity contribution in [3.63, 3.8) is 0 Å². The number of thiazole rings is 1. The predicted molar refractivity (Wildman–Crippen MR) is 90.8 cm³/mol. The van der Waals surface area contributed by atoms with Gasteiger partial charge in [0.2, 0.25) is 0 Å². The molecule has 2 aromatic rings. The summed E-state index contributed by atoms with van der Waals surface area (Å²) < 4.78 is 24.2. The number of carboxylic acids is 1. The Morgan fingerprint density at radius 1 is 1.50 bits per heavy atom. The van der Waals surface area contributed by atoms with Crippen molar-refractivity contribution in [1.82, 2.24) is 10.3 Å². The largest absolute Gasteiger partial charge is 0.494 e. The molecule has 2 atom stereocenters. The number of nitrogens with one attached hydrogen (secondary N) is 1. The third kappa shape index (κ3) is 3.83. The minimum Gasteiger partial charge on any atom is -0.494 e. The molecule has 26 heavy (non-hydrogen) atoms. The minimum atomic E-state index is -1.41. The Kier molecular flexibility index (Phi) is 5.48. The number of carboxylic acid groups (broad SMARTS) is 1. The molecule has 1 amide bonds. The highest BCUT2D eigenvalue weighted by Crippen LogP contribution is 2.30. The highest BCUT2D eigenvalue weighted by atomic mass is 32.1. The lowest BCUT2D eigenvalue weighted by atomic mass is 10.1. The smallest absolute Gasteiger partial charge is 0.330 e. The van der Waals surface area contributed by atoms with Crippen LogP contribution in [-0.4, -0.2) is 35.7 Å². The Morgan fingerprint density at radius 2 is 2.31 bits per heavy atom. The predicted octanol–water partition coefficient (Wildman–Crippen LogP) is 2.70. The molecule has 1 aromatic carbocycles. The fraction of sp³-hybridized carbons (Fsp3) is 0.353. The molecule has 2 unspecified atom stereocenters. The average molecular weight is 380 g/mol. The van der Waals surface area contributed by atoms with Crippen LogP contribution in [0.2, 0.25) is 0 Å². The van der Waals surface area contributed by atoms with Crippen LogP contribution in [0, 0.1) is 5.82 Å². The number of carbonyl (C=O) groups excluding carboxylic acids is 1. The van der Waals surface area contributed by atoms with Crippen LogP contribution in [0.1, 0.15) is 46.0 Å². The summed E-state index contributed by atoms with van der Waals surface area (Å²) >= 11 is 1.29. The van der Waals surface area contributed by atoms with E-state index >= 15 is 0 Å². The van der Waals surface area contributed by atoms with Crippen molar-refractivity contribution in [2.45, 2.75) is 25.0 Å². The molecule has 1 saturated heterocycles. The van der Waals surface area contributed by atoms with Gasteiger partial charge in [0.1, 0.15) is 16.8 Å². The van der Waals surface area contributed by atoms with Crippen LogP contribution < -0.4 is 10.1 Å². The molecule has 1 aliphatic rings. The zero-order chi connectivity index (χ0) is 18.7. The van der Waals surface area contributed by atoms with Gasteiger partial charge in [0.05, 0.1) is 7.11 Å². The number of methoxy groups -OCH3 is 1. The Labute approximate surface area is 152 Å². The second-order valence-corrected chi connectivity index (χ2v) is 6.60. The van der Waals surface area contributed by atoms with Crippen molar-refractivity contribution < 1.29 is 28.6 Å². The zero-order valence-electron chi connectivity index (χ0n) is 13.9. The molecule has 0 aliphatic carbocycles. The third-order valence-electron chi connectivity index (χ3n) is 3.99. The van der Waals surface area contributed by atoms with E-state index in [1.807, 2.05) is 0 Å². The number of aliphatic carboxylic acids is 1. The second-order valence-electron chi connectivity index (χ2n) is 5.71. The summed E-state index contributed by atoms with van der Waals surface area (Å²) in [6.45, 7) is 0.663. The summed E-state index contributed by atoms with van der Waals surface area (Å²) in [5, 5.41) is 14.0. The molecule has 138 valence electrons. The second kappa shape index (κ2) is 7.79. The van der Waals surface area contributed by atoms with Crippen molar-refractivity contribution in [2.75, 3.05) is 13.7 Å². The number of halogens is 1. The van der Waals surface area contributed by atoms with Gasteiger partial charge in [0.25, 0.3) is 5.91 Å². The first kappa shape index (κ1) is 18.3. The first-order valence-electron chi connectivity index (χ1n) is 7.93. The molecular formula is C17H17FN2O5S. The molecule has 1 aliphatic heterocycles. The summed E-state index contributed by atoms with van der Waals surface area (Å²) in [5.41, 5.74) is 0.208. The molecule has 3 rings (SSSR count). The van der Waals surface area contributed by atoms with E-state index in [1.54, 1.807) is 5.38 Å². The highest BCUT2D eigenvalue weighted by molar-refractivity contribution is 7.09. The van der Waals surface area contributed by atoms with Crippen LogP contribution in [0.5, 0.6) is 5.75 Å². The monoisotopic (exact) mass is 380 g/mol. The van der Waals surface area contributed by atoms with Gasteiger partial charge in [-0.25, -0.2) is 14.2 Å². The standard InChI is InChI=1S/C17H17FN2O5S/c1-24-12-5-4-9(7-10(12)18)14(17(22)23)20-15(21)11-8-26-16(19-11)13-3-2-6-25-13/h4-5,7-8,13-14H,2-3,6H2,1H3,(H,20,21)(H,22,23). The van der Waals surface area contributed by atoms with E-state index in [0.717, 1.165) is 18.9 Å². The lowest BCUT2D eigenvalue weighted by Crippen LogP contribution is -2.34. The number of amides is 1. The summed E-state index contributed by atoms with van der Waals surface area (Å²) in [4.78, 5) is 28.2. The molecule has 0 spiro atoms. The third-order valence-corrected chi connectivity index (χ3v) is 4.93. The van der Waals surface area contributed by atoms with Crippen molar-refractivity contribution in [3.8, 4) is 5.75 Å². The van der Waals surface area contributed by atoms with Gasteiger partial charge >= 0.3 is 5.97 Å². The van der Waals surface area contributed by atoms with Crippen molar-refractivity contribution in [1.29, 1.82) is 0 Å². The number of rotatable bonds is 6. The van der Waals surface area contributed by atoms with E-state index < -0.39 is 23.7 Å². The zero-order valence-corrected chi connectivity index (χ0v) is 14.7. The van der Waals surface area contributed by atoms with Gasteiger partial charge in [-0.2, -0.15) is 0 Å². The van der Waals surface area contributed by atoms with Crippen molar-refractivity contribution in [3.05, 3.63) is 45.7 Å². The molecule has 9 heteroatoms. The van der Waals surface area contributed by atoms with Gasteiger partial charge in [-0.1, -0.05) is 6.07 Å². The topological polar surface area (TPSA) is 97.8 Å². The number of benzene rings is 1. The summed E-state index contributed by atoms with van der Waals surface area (Å²) in [6, 6.07) is 2.32. The number of hydrogen-bond donors (Lipinski definition) is 2. The maximum absolute atomic E-state index is 13.9. The maximum Gasteiger partial charge on any atom is 0.330 e. The Morgan fingerprint density at radius 3 is 2.92 bits per heavy atom. The molecule has 0 saturated carbocycles. The molecule has 2 heterocycles. The van der Waals surface area contributed by atoms with E-state index in [2.05, 4.69) is 10.3 Å². The Bertz CT molecular complexity index is 819. The Balaban J connectivity index is 1.76. The van der Waals surface area contributed by atoms with Gasteiger partial charge in [-0.3, -0.25) is 4.79 Å². The van der Waals surface area contributed by atoms with E-state index in [0.29, 0.717) is 11.6 Å². The fourth-order valence-corrected chi connectivity index (χ4v) is 3.55. The highest BCUT2D eigenvalue weighted by Gasteiger charge is 2.26. The maximum atomic E-state index is 13.9. The number of ether oxygens (including phenoxy) is 2. The van der Waals surface area contributed by atoms with Crippen LogP contribution in [0.25, 0.3) is 0 Å². The lowest BCUT2D eigenvalue weighted by Gasteiger charge is -2.15. The molecule has 7 nitrogen and oxygen atoms in total. The minimum absolute atomic E-state index is 0.00933. The molecule has 0 bridgehead atoms. The van der Waals surface area contributed by atoms with Gasteiger partial charge in [0, 0.05) is 12.0 Å².